The van der Waals surface area contributed by atoms with E-state index in [0.29, 0.717) is 6.04 Å². The van der Waals surface area contributed by atoms with Gasteiger partial charge in [0.1, 0.15) is 0 Å². The summed E-state index contributed by atoms with van der Waals surface area (Å²) in [5.74, 6) is 0. The molecule has 92 valence electrons. The van der Waals surface area contributed by atoms with Gasteiger partial charge >= 0.3 is 0 Å². The molecular weight excluding hydrogens is 222 g/mol. The number of hydrogen-bond donors (Lipinski definition) is 1. The second-order valence-electron chi connectivity index (χ2n) is 3.94. The second-order valence-corrected chi connectivity index (χ2v) is 5.00. The van der Waals surface area contributed by atoms with Crippen LogP contribution in [0.1, 0.15) is 10.7 Å². The van der Waals surface area contributed by atoms with E-state index in [1.54, 1.807) is 18.4 Å². The van der Waals surface area contributed by atoms with Gasteiger partial charge < -0.3 is 10.1 Å². The predicted molar refractivity (Wildman–Crippen MR) is 67.9 cm³/mol. The SMILES string of the molecule is CNCC(COC)N(C)Cc1csc(C)n1. The highest BCUT2D eigenvalue weighted by Gasteiger charge is 2.14. The Morgan fingerprint density at radius 3 is 2.88 bits per heavy atom. The number of hydrogen-bond acceptors (Lipinski definition) is 5. The topological polar surface area (TPSA) is 37.4 Å². The van der Waals surface area contributed by atoms with Gasteiger partial charge in [0.2, 0.25) is 0 Å². The van der Waals surface area contributed by atoms with E-state index in [9.17, 15) is 0 Å². The minimum atomic E-state index is 0.386. The summed E-state index contributed by atoms with van der Waals surface area (Å²) in [5, 5.41) is 6.43. The van der Waals surface area contributed by atoms with Crippen molar-refractivity contribution in [3.8, 4) is 0 Å². The number of aryl methyl sites for hydroxylation is 1. The monoisotopic (exact) mass is 243 g/mol. The van der Waals surface area contributed by atoms with E-state index in [4.69, 9.17) is 4.74 Å². The van der Waals surface area contributed by atoms with Gasteiger partial charge in [0, 0.05) is 31.6 Å². The number of aromatic nitrogens is 1. The Bertz CT molecular complexity index is 297. The van der Waals surface area contributed by atoms with Gasteiger partial charge in [-0.25, -0.2) is 4.98 Å². The number of nitrogens with one attached hydrogen (secondary N) is 1. The summed E-state index contributed by atoms with van der Waals surface area (Å²) in [6, 6.07) is 0.386. The Morgan fingerprint density at radius 1 is 1.62 bits per heavy atom. The van der Waals surface area contributed by atoms with Gasteiger partial charge in [0.25, 0.3) is 0 Å². The molecule has 0 aliphatic carbocycles. The van der Waals surface area contributed by atoms with Crippen LogP contribution in [0, 0.1) is 6.92 Å². The van der Waals surface area contributed by atoms with Crippen LogP contribution in [0.25, 0.3) is 0 Å². The van der Waals surface area contributed by atoms with Gasteiger partial charge in [-0.05, 0) is 21.0 Å². The lowest BCUT2D eigenvalue weighted by Gasteiger charge is -2.26. The maximum absolute atomic E-state index is 5.22. The second kappa shape index (κ2) is 6.96. The van der Waals surface area contributed by atoms with E-state index in [1.807, 2.05) is 14.0 Å². The molecule has 0 aliphatic rings. The normalized spacial score (nSPS) is 13.3. The average molecular weight is 243 g/mol. The highest BCUT2D eigenvalue weighted by atomic mass is 32.1. The van der Waals surface area contributed by atoms with Crippen molar-refractivity contribution in [3.63, 3.8) is 0 Å². The standard InChI is InChI=1S/C11H21N3OS/c1-9-13-10(8-16-9)6-14(3)11(5-12-2)7-15-4/h8,11-12H,5-7H2,1-4H3. The predicted octanol–water partition coefficient (Wildman–Crippen LogP) is 1.12. The zero-order valence-electron chi connectivity index (χ0n) is 10.5. The van der Waals surface area contributed by atoms with Gasteiger partial charge in [-0.3, -0.25) is 4.90 Å². The summed E-state index contributed by atoms with van der Waals surface area (Å²) in [7, 11) is 5.81. The lowest BCUT2D eigenvalue weighted by Crippen LogP contribution is -2.41. The number of rotatable bonds is 7. The van der Waals surface area contributed by atoms with Crippen LogP contribution in [0.4, 0.5) is 0 Å². The molecule has 1 heterocycles. The first-order chi connectivity index (χ1) is 7.67. The number of thiazole rings is 1. The third-order valence-corrected chi connectivity index (χ3v) is 3.32. The van der Waals surface area contributed by atoms with Crippen molar-refractivity contribution in [2.24, 2.45) is 0 Å². The molecule has 0 saturated heterocycles. The van der Waals surface area contributed by atoms with Crippen LogP contribution in [0.15, 0.2) is 5.38 Å². The van der Waals surface area contributed by atoms with Crippen molar-refractivity contribution in [3.05, 3.63) is 16.1 Å². The Balaban J connectivity index is 2.50. The van der Waals surface area contributed by atoms with E-state index in [0.717, 1.165) is 30.4 Å². The van der Waals surface area contributed by atoms with Crippen molar-refractivity contribution in [2.45, 2.75) is 19.5 Å². The molecule has 4 nitrogen and oxygen atoms in total. The number of methoxy groups -OCH3 is 1. The summed E-state index contributed by atoms with van der Waals surface area (Å²) in [4.78, 5) is 6.74. The van der Waals surface area contributed by atoms with Crippen LogP contribution in [-0.2, 0) is 11.3 Å². The summed E-state index contributed by atoms with van der Waals surface area (Å²) >= 11 is 1.70. The first kappa shape index (κ1) is 13.6. The molecular formula is C11H21N3OS. The Labute approximate surface area is 102 Å². The Hall–Kier alpha value is -0.490. The molecule has 1 rings (SSSR count). The van der Waals surface area contributed by atoms with Crippen LogP contribution in [0.3, 0.4) is 0 Å². The molecule has 16 heavy (non-hydrogen) atoms. The summed E-state index contributed by atoms with van der Waals surface area (Å²) in [5.41, 5.74) is 1.14. The van der Waals surface area contributed by atoms with Crippen molar-refractivity contribution < 1.29 is 4.74 Å². The zero-order valence-corrected chi connectivity index (χ0v) is 11.3. The average Bonchev–Trinajstić information content (AvgIpc) is 2.63. The highest BCUT2D eigenvalue weighted by molar-refractivity contribution is 7.09. The molecule has 1 atom stereocenters. The van der Waals surface area contributed by atoms with Crippen LogP contribution in [-0.4, -0.2) is 50.3 Å². The van der Waals surface area contributed by atoms with E-state index in [2.05, 4.69) is 27.6 Å². The van der Waals surface area contributed by atoms with Crippen LogP contribution >= 0.6 is 11.3 Å². The quantitative estimate of drug-likeness (QED) is 0.778. The first-order valence-electron chi connectivity index (χ1n) is 5.42. The van der Waals surface area contributed by atoms with Gasteiger partial charge in [0.05, 0.1) is 17.3 Å². The third kappa shape index (κ3) is 4.17. The van der Waals surface area contributed by atoms with Gasteiger partial charge in [-0.2, -0.15) is 0 Å². The summed E-state index contributed by atoms with van der Waals surface area (Å²) < 4.78 is 5.22. The number of nitrogens with zero attached hydrogens (tertiary/aromatic N) is 2. The van der Waals surface area contributed by atoms with E-state index in [1.165, 1.54) is 0 Å². The lowest BCUT2D eigenvalue weighted by molar-refractivity contribution is 0.102. The molecule has 0 amide bonds. The zero-order chi connectivity index (χ0) is 12.0. The maximum Gasteiger partial charge on any atom is 0.0897 e. The number of ether oxygens (including phenoxy) is 1. The van der Waals surface area contributed by atoms with Gasteiger partial charge in [0.15, 0.2) is 0 Å². The van der Waals surface area contributed by atoms with Crippen molar-refractivity contribution in [2.75, 3.05) is 34.4 Å². The van der Waals surface area contributed by atoms with E-state index < -0.39 is 0 Å². The third-order valence-electron chi connectivity index (χ3n) is 2.50. The molecule has 1 aromatic rings. The minimum Gasteiger partial charge on any atom is -0.383 e. The largest absolute Gasteiger partial charge is 0.383 e. The smallest absolute Gasteiger partial charge is 0.0897 e. The molecule has 0 spiro atoms. The van der Waals surface area contributed by atoms with E-state index in [-0.39, 0.29) is 0 Å². The molecule has 0 radical (unpaired) electrons. The summed E-state index contributed by atoms with van der Waals surface area (Å²) in [6.45, 7) is 4.57. The molecule has 0 aromatic carbocycles. The van der Waals surface area contributed by atoms with Crippen molar-refractivity contribution in [1.29, 1.82) is 0 Å². The lowest BCUT2D eigenvalue weighted by atomic mass is 10.2. The molecule has 0 bridgehead atoms. The Kier molecular flexibility index (Phi) is 5.90. The fourth-order valence-electron chi connectivity index (χ4n) is 1.64. The fraction of sp³-hybridized carbons (Fsp3) is 0.727. The maximum atomic E-state index is 5.22. The van der Waals surface area contributed by atoms with Gasteiger partial charge in [-0.15, -0.1) is 11.3 Å². The van der Waals surface area contributed by atoms with Crippen LogP contribution < -0.4 is 5.32 Å². The van der Waals surface area contributed by atoms with Crippen molar-refractivity contribution in [1.82, 2.24) is 15.2 Å². The molecule has 0 fully saturated rings. The summed E-state index contributed by atoms with van der Waals surface area (Å²) in [6.07, 6.45) is 0. The molecule has 1 unspecified atom stereocenters. The van der Waals surface area contributed by atoms with Crippen LogP contribution in [0.5, 0.6) is 0 Å². The van der Waals surface area contributed by atoms with Gasteiger partial charge in [-0.1, -0.05) is 0 Å². The van der Waals surface area contributed by atoms with Crippen LogP contribution in [0.2, 0.25) is 0 Å². The molecule has 0 aliphatic heterocycles. The number of likely N-dealkylation sites (N-methyl/N-ethyl adjacent to an activating group) is 2. The Morgan fingerprint density at radius 2 is 2.38 bits per heavy atom. The minimum absolute atomic E-state index is 0.386. The van der Waals surface area contributed by atoms with E-state index >= 15 is 0 Å². The first-order valence-corrected chi connectivity index (χ1v) is 6.30. The molecule has 1 aromatic heterocycles. The van der Waals surface area contributed by atoms with Crippen molar-refractivity contribution >= 4 is 11.3 Å². The molecule has 1 N–H and O–H groups in total. The highest BCUT2D eigenvalue weighted by Crippen LogP contribution is 2.11. The molecule has 0 saturated carbocycles. The fourth-order valence-corrected chi connectivity index (χ4v) is 2.24. The molecule has 5 heteroatoms.